The van der Waals surface area contributed by atoms with Crippen LogP contribution in [0.4, 0.5) is 0 Å². The van der Waals surface area contributed by atoms with Gasteiger partial charge in [0.25, 0.3) is 0 Å². The number of aromatic nitrogens is 2. The van der Waals surface area contributed by atoms with Gasteiger partial charge in [-0.1, -0.05) is 12.1 Å². The van der Waals surface area contributed by atoms with E-state index in [-0.39, 0.29) is 6.04 Å². The van der Waals surface area contributed by atoms with E-state index in [1.54, 1.807) is 0 Å². The van der Waals surface area contributed by atoms with E-state index in [1.165, 1.54) is 5.56 Å². The van der Waals surface area contributed by atoms with Gasteiger partial charge in [-0.25, -0.2) is 0 Å². The zero-order valence-electron chi connectivity index (χ0n) is 10.2. The van der Waals surface area contributed by atoms with Crippen LogP contribution in [0.1, 0.15) is 23.0 Å². The number of hydrogen-bond acceptors (Lipinski definition) is 3. The molecule has 0 spiro atoms. The van der Waals surface area contributed by atoms with Gasteiger partial charge in [0.15, 0.2) is 0 Å². The maximum absolute atomic E-state index is 4.35. The summed E-state index contributed by atoms with van der Waals surface area (Å²) in [6, 6.07) is 10.4. The van der Waals surface area contributed by atoms with E-state index < -0.39 is 0 Å². The molecule has 1 N–H and O–H groups in total. The van der Waals surface area contributed by atoms with E-state index in [0.717, 1.165) is 17.8 Å². The molecule has 88 valence electrons. The number of aryl methyl sites for hydroxylation is 1. The van der Waals surface area contributed by atoms with Crippen LogP contribution in [0.15, 0.2) is 42.7 Å². The van der Waals surface area contributed by atoms with Crippen LogP contribution in [0, 0.1) is 6.92 Å². The van der Waals surface area contributed by atoms with Crippen LogP contribution in [-0.4, -0.2) is 17.0 Å². The molecule has 1 unspecified atom stereocenters. The summed E-state index contributed by atoms with van der Waals surface area (Å²) in [5, 5.41) is 3.31. The van der Waals surface area contributed by atoms with Gasteiger partial charge in [-0.2, -0.15) is 0 Å². The summed E-state index contributed by atoms with van der Waals surface area (Å²) in [6.45, 7) is 2.00. The first-order valence-electron chi connectivity index (χ1n) is 5.79. The average molecular weight is 227 g/mol. The molecule has 0 aliphatic rings. The number of hydrogen-bond donors (Lipinski definition) is 1. The van der Waals surface area contributed by atoms with E-state index in [4.69, 9.17) is 0 Å². The van der Waals surface area contributed by atoms with Crippen molar-refractivity contribution in [1.29, 1.82) is 0 Å². The third-order valence-corrected chi connectivity index (χ3v) is 2.82. The van der Waals surface area contributed by atoms with E-state index >= 15 is 0 Å². The largest absolute Gasteiger partial charge is 0.313 e. The van der Waals surface area contributed by atoms with E-state index in [2.05, 4.69) is 21.4 Å². The van der Waals surface area contributed by atoms with Crippen molar-refractivity contribution in [2.45, 2.75) is 19.4 Å². The Kier molecular flexibility index (Phi) is 3.83. The molecular weight excluding hydrogens is 210 g/mol. The Bertz CT molecular complexity index is 451. The smallest absolute Gasteiger partial charge is 0.0422 e. The minimum absolute atomic E-state index is 0.262. The second-order valence-corrected chi connectivity index (χ2v) is 4.10. The minimum Gasteiger partial charge on any atom is -0.313 e. The molecule has 0 fully saturated rings. The lowest BCUT2D eigenvalue weighted by Gasteiger charge is -2.15. The summed E-state index contributed by atoms with van der Waals surface area (Å²) < 4.78 is 0. The molecule has 0 saturated heterocycles. The highest BCUT2D eigenvalue weighted by Crippen LogP contribution is 2.16. The van der Waals surface area contributed by atoms with Gasteiger partial charge in [0.05, 0.1) is 0 Å². The van der Waals surface area contributed by atoms with Gasteiger partial charge in [0.2, 0.25) is 0 Å². The van der Waals surface area contributed by atoms with Crippen LogP contribution in [0.2, 0.25) is 0 Å². The minimum atomic E-state index is 0.262. The third kappa shape index (κ3) is 3.11. The topological polar surface area (TPSA) is 37.8 Å². The van der Waals surface area contributed by atoms with E-state index in [1.807, 2.05) is 50.6 Å². The van der Waals surface area contributed by atoms with Gasteiger partial charge in [0, 0.05) is 36.2 Å². The summed E-state index contributed by atoms with van der Waals surface area (Å²) in [5.41, 5.74) is 3.33. The molecule has 0 radical (unpaired) electrons. The molecule has 0 amide bonds. The van der Waals surface area contributed by atoms with Crippen LogP contribution in [0.5, 0.6) is 0 Å². The van der Waals surface area contributed by atoms with Crippen molar-refractivity contribution in [3.8, 4) is 0 Å². The molecule has 2 aromatic heterocycles. The quantitative estimate of drug-likeness (QED) is 0.870. The Morgan fingerprint density at radius 1 is 1.18 bits per heavy atom. The Labute approximate surface area is 102 Å². The van der Waals surface area contributed by atoms with Gasteiger partial charge in [-0.3, -0.25) is 9.97 Å². The molecule has 17 heavy (non-hydrogen) atoms. The van der Waals surface area contributed by atoms with Gasteiger partial charge >= 0.3 is 0 Å². The zero-order chi connectivity index (χ0) is 12.1. The lowest BCUT2D eigenvalue weighted by molar-refractivity contribution is 0.582. The van der Waals surface area contributed by atoms with Crippen LogP contribution in [0.25, 0.3) is 0 Å². The summed E-state index contributed by atoms with van der Waals surface area (Å²) in [6.07, 6.45) is 4.64. The van der Waals surface area contributed by atoms with Gasteiger partial charge in [-0.15, -0.1) is 0 Å². The van der Waals surface area contributed by atoms with Crippen molar-refractivity contribution in [2.24, 2.45) is 0 Å². The van der Waals surface area contributed by atoms with Crippen LogP contribution in [-0.2, 0) is 6.42 Å². The van der Waals surface area contributed by atoms with Crippen molar-refractivity contribution in [2.75, 3.05) is 7.05 Å². The summed E-state index contributed by atoms with van der Waals surface area (Å²) in [7, 11) is 1.97. The van der Waals surface area contributed by atoms with Crippen molar-refractivity contribution in [3.05, 3.63) is 59.7 Å². The van der Waals surface area contributed by atoms with Crippen molar-refractivity contribution in [3.63, 3.8) is 0 Å². The highest BCUT2D eigenvalue weighted by molar-refractivity contribution is 5.19. The maximum Gasteiger partial charge on any atom is 0.0422 e. The first-order valence-corrected chi connectivity index (χ1v) is 5.79. The number of rotatable bonds is 4. The van der Waals surface area contributed by atoms with Gasteiger partial charge in [-0.05, 0) is 37.7 Å². The Morgan fingerprint density at radius 3 is 2.65 bits per heavy atom. The Hall–Kier alpha value is -1.74. The number of nitrogens with one attached hydrogen (secondary N) is 1. The fourth-order valence-corrected chi connectivity index (χ4v) is 1.80. The molecule has 3 heteroatoms. The monoisotopic (exact) mass is 227 g/mol. The molecule has 2 rings (SSSR count). The normalized spacial score (nSPS) is 12.4. The predicted octanol–water partition coefficient (Wildman–Crippen LogP) is 2.29. The average Bonchev–Trinajstić information content (AvgIpc) is 2.38. The number of pyridine rings is 2. The fourth-order valence-electron chi connectivity index (χ4n) is 1.80. The standard InChI is InChI=1S/C14H17N3/c1-11-6-7-12(10-17-11)14(15-2)9-13-5-3-4-8-16-13/h3-8,10,14-15H,9H2,1-2H3. The maximum atomic E-state index is 4.35. The van der Waals surface area contributed by atoms with Crippen molar-refractivity contribution < 1.29 is 0 Å². The summed E-state index contributed by atoms with van der Waals surface area (Å²) in [4.78, 5) is 8.68. The molecule has 0 aromatic carbocycles. The van der Waals surface area contributed by atoms with E-state index in [9.17, 15) is 0 Å². The second kappa shape index (κ2) is 5.55. The molecule has 0 aliphatic heterocycles. The highest BCUT2D eigenvalue weighted by atomic mass is 14.9. The van der Waals surface area contributed by atoms with Crippen LogP contribution in [0.3, 0.4) is 0 Å². The Morgan fingerprint density at radius 2 is 2.06 bits per heavy atom. The summed E-state index contributed by atoms with van der Waals surface area (Å²) >= 11 is 0. The van der Waals surface area contributed by atoms with Crippen molar-refractivity contribution in [1.82, 2.24) is 15.3 Å². The first kappa shape index (κ1) is 11.7. The molecule has 2 aromatic rings. The lowest BCUT2D eigenvalue weighted by Crippen LogP contribution is -2.19. The second-order valence-electron chi connectivity index (χ2n) is 4.10. The molecule has 2 heterocycles. The van der Waals surface area contributed by atoms with E-state index in [0.29, 0.717) is 0 Å². The molecule has 0 saturated carbocycles. The third-order valence-electron chi connectivity index (χ3n) is 2.82. The predicted molar refractivity (Wildman–Crippen MR) is 68.7 cm³/mol. The summed E-state index contributed by atoms with van der Waals surface area (Å²) in [5.74, 6) is 0. The fraction of sp³-hybridized carbons (Fsp3) is 0.286. The first-order chi connectivity index (χ1) is 8.29. The molecule has 3 nitrogen and oxygen atoms in total. The molecule has 1 atom stereocenters. The SMILES string of the molecule is CNC(Cc1ccccn1)c1ccc(C)nc1. The zero-order valence-corrected chi connectivity index (χ0v) is 10.2. The molecule has 0 aliphatic carbocycles. The number of likely N-dealkylation sites (N-methyl/N-ethyl adjacent to an activating group) is 1. The van der Waals surface area contributed by atoms with Crippen LogP contribution < -0.4 is 5.32 Å². The van der Waals surface area contributed by atoms with Gasteiger partial charge < -0.3 is 5.32 Å². The highest BCUT2D eigenvalue weighted by Gasteiger charge is 2.10. The molecular formula is C14H17N3. The lowest BCUT2D eigenvalue weighted by atomic mass is 10.0. The Balaban J connectivity index is 2.14. The van der Waals surface area contributed by atoms with Crippen LogP contribution >= 0.6 is 0 Å². The number of nitrogens with zero attached hydrogens (tertiary/aromatic N) is 2. The molecule has 0 bridgehead atoms. The van der Waals surface area contributed by atoms with Crippen molar-refractivity contribution >= 4 is 0 Å². The van der Waals surface area contributed by atoms with Gasteiger partial charge in [0.1, 0.15) is 0 Å².